The number of fused-ring (bicyclic) bond motifs is 1. The molecule has 2 heterocycles. The molecule has 2 aromatic heterocycles. The minimum Gasteiger partial charge on any atom is -0.478 e. The molecule has 0 fully saturated rings. The number of furan rings is 1. The highest BCUT2D eigenvalue weighted by Gasteiger charge is 2.34. The van der Waals surface area contributed by atoms with Gasteiger partial charge in [-0.15, -0.1) is 0 Å². The number of aromatic amines is 1. The van der Waals surface area contributed by atoms with Crippen molar-refractivity contribution in [3.8, 4) is 22.7 Å². The van der Waals surface area contributed by atoms with Gasteiger partial charge < -0.3 is 14.5 Å². The Labute approximate surface area is 157 Å². The summed E-state index contributed by atoms with van der Waals surface area (Å²) in [5, 5.41) is 8.99. The Morgan fingerprint density at radius 3 is 2.32 bits per heavy atom. The standard InChI is InChI=1S/C21H14F3NO3/c1-11-2-7-15(21(22,23)24)14-10-18(28-19(11)14)17-9-8-16(25-17)12-3-5-13(6-4-12)20(26)27/h2-10,25H,1H3,(H,26,27). The monoisotopic (exact) mass is 385 g/mol. The quantitative estimate of drug-likeness (QED) is 0.446. The maximum Gasteiger partial charge on any atom is 0.417 e. The highest BCUT2D eigenvalue weighted by molar-refractivity contribution is 5.89. The Morgan fingerprint density at radius 1 is 1.00 bits per heavy atom. The van der Waals surface area contributed by atoms with Crippen molar-refractivity contribution in [1.82, 2.24) is 4.98 Å². The van der Waals surface area contributed by atoms with Crippen molar-refractivity contribution in [1.29, 1.82) is 0 Å². The molecule has 142 valence electrons. The van der Waals surface area contributed by atoms with Gasteiger partial charge in [-0.25, -0.2) is 4.79 Å². The van der Waals surface area contributed by atoms with Crippen LogP contribution in [0, 0.1) is 6.92 Å². The third-order valence-corrected chi connectivity index (χ3v) is 4.58. The molecule has 2 N–H and O–H groups in total. The van der Waals surface area contributed by atoms with E-state index < -0.39 is 17.7 Å². The zero-order valence-electron chi connectivity index (χ0n) is 14.6. The van der Waals surface area contributed by atoms with Crippen LogP contribution in [0.15, 0.2) is 59.0 Å². The average molecular weight is 385 g/mol. The van der Waals surface area contributed by atoms with Crippen LogP contribution in [-0.4, -0.2) is 16.1 Å². The number of nitrogens with one attached hydrogen (secondary N) is 1. The molecule has 0 bridgehead atoms. The van der Waals surface area contributed by atoms with E-state index in [4.69, 9.17) is 9.52 Å². The molecule has 0 aliphatic rings. The summed E-state index contributed by atoms with van der Waals surface area (Å²) in [4.78, 5) is 14.1. The number of aryl methyl sites for hydroxylation is 1. The average Bonchev–Trinajstić information content (AvgIpc) is 3.28. The lowest BCUT2D eigenvalue weighted by Crippen LogP contribution is -2.05. The van der Waals surface area contributed by atoms with E-state index in [1.165, 1.54) is 24.3 Å². The highest BCUT2D eigenvalue weighted by Crippen LogP contribution is 2.39. The fourth-order valence-corrected chi connectivity index (χ4v) is 3.14. The highest BCUT2D eigenvalue weighted by atomic mass is 19.4. The first-order valence-electron chi connectivity index (χ1n) is 8.37. The van der Waals surface area contributed by atoms with E-state index in [1.54, 1.807) is 31.2 Å². The zero-order chi connectivity index (χ0) is 20.1. The molecule has 0 atom stereocenters. The Balaban J connectivity index is 1.75. The maximum absolute atomic E-state index is 13.3. The van der Waals surface area contributed by atoms with Crippen LogP contribution in [-0.2, 0) is 6.18 Å². The Morgan fingerprint density at radius 2 is 1.68 bits per heavy atom. The van der Waals surface area contributed by atoms with E-state index >= 15 is 0 Å². The summed E-state index contributed by atoms with van der Waals surface area (Å²) in [6.45, 7) is 1.69. The number of hydrogen-bond acceptors (Lipinski definition) is 2. The SMILES string of the molecule is Cc1ccc(C(F)(F)F)c2cc(-c3ccc(-c4ccc(C(=O)O)cc4)[nH]3)oc12. The van der Waals surface area contributed by atoms with Crippen LogP contribution in [0.1, 0.15) is 21.5 Å². The molecule has 4 nitrogen and oxygen atoms in total. The molecule has 2 aromatic carbocycles. The summed E-state index contributed by atoms with van der Waals surface area (Å²) in [5.74, 6) is -0.722. The number of rotatable bonds is 3. The molecule has 0 radical (unpaired) electrons. The number of alkyl halides is 3. The fourth-order valence-electron chi connectivity index (χ4n) is 3.14. The number of carboxylic acids is 1. The first-order chi connectivity index (χ1) is 13.2. The van der Waals surface area contributed by atoms with Gasteiger partial charge in [0.05, 0.1) is 16.8 Å². The summed E-state index contributed by atoms with van der Waals surface area (Å²) < 4.78 is 45.6. The second kappa shape index (κ2) is 6.30. The smallest absolute Gasteiger partial charge is 0.417 e. The van der Waals surface area contributed by atoms with Gasteiger partial charge in [-0.3, -0.25) is 0 Å². The lowest BCUT2D eigenvalue weighted by Gasteiger charge is -2.07. The Hall–Kier alpha value is -3.48. The number of hydrogen-bond donors (Lipinski definition) is 2. The van der Waals surface area contributed by atoms with E-state index in [-0.39, 0.29) is 16.5 Å². The Kier molecular flexibility index (Phi) is 4.03. The van der Waals surface area contributed by atoms with E-state index in [9.17, 15) is 18.0 Å². The second-order valence-corrected chi connectivity index (χ2v) is 6.45. The van der Waals surface area contributed by atoms with E-state index in [2.05, 4.69) is 4.98 Å². The first-order valence-corrected chi connectivity index (χ1v) is 8.37. The minimum atomic E-state index is -4.47. The molecule has 0 amide bonds. The third-order valence-electron chi connectivity index (χ3n) is 4.58. The number of carbonyl (C=O) groups is 1. The molecule has 0 unspecified atom stereocenters. The molecule has 0 spiro atoms. The van der Waals surface area contributed by atoms with Crippen molar-refractivity contribution < 1.29 is 27.5 Å². The van der Waals surface area contributed by atoms with Crippen molar-refractivity contribution in [2.45, 2.75) is 13.1 Å². The largest absolute Gasteiger partial charge is 0.478 e. The normalized spacial score (nSPS) is 11.9. The topological polar surface area (TPSA) is 66.2 Å². The number of aromatic nitrogens is 1. The summed E-state index contributed by atoms with van der Waals surface area (Å²) in [7, 11) is 0. The summed E-state index contributed by atoms with van der Waals surface area (Å²) in [6.07, 6.45) is -4.47. The number of benzene rings is 2. The lowest BCUT2D eigenvalue weighted by atomic mass is 10.1. The van der Waals surface area contributed by atoms with Crippen molar-refractivity contribution in [3.63, 3.8) is 0 Å². The fraction of sp³-hybridized carbons (Fsp3) is 0.0952. The van der Waals surface area contributed by atoms with Gasteiger partial charge in [0.15, 0.2) is 5.76 Å². The molecule has 0 saturated heterocycles. The van der Waals surface area contributed by atoms with Crippen molar-refractivity contribution in [2.75, 3.05) is 0 Å². The van der Waals surface area contributed by atoms with E-state index in [1.807, 2.05) is 0 Å². The van der Waals surface area contributed by atoms with Crippen LogP contribution >= 0.6 is 0 Å². The van der Waals surface area contributed by atoms with E-state index in [0.29, 0.717) is 22.7 Å². The van der Waals surface area contributed by atoms with Crippen LogP contribution in [0.2, 0.25) is 0 Å². The molecule has 0 saturated carbocycles. The number of halogens is 3. The summed E-state index contributed by atoms with van der Waals surface area (Å²) in [6, 6.07) is 13.6. The predicted molar refractivity (Wildman–Crippen MR) is 98.1 cm³/mol. The molecule has 28 heavy (non-hydrogen) atoms. The van der Waals surface area contributed by atoms with Gasteiger partial charge in [-0.05, 0) is 54.4 Å². The van der Waals surface area contributed by atoms with Gasteiger partial charge in [0, 0.05) is 11.1 Å². The predicted octanol–water partition coefficient (Wildman–Crippen LogP) is 6.12. The van der Waals surface area contributed by atoms with Gasteiger partial charge in [0.2, 0.25) is 0 Å². The molecule has 4 aromatic rings. The summed E-state index contributed by atoms with van der Waals surface area (Å²) >= 11 is 0. The molecule has 0 aliphatic carbocycles. The third kappa shape index (κ3) is 3.05. The number of carboxylic acid groups (broad SMARTS) is 1. The lowest BCUT2D eigenvalue weighted by molar-refractivity contribution is -0.136. The zero-order valence-corrected chi connectivity index (χ0v) is 14.6. The first kappa shape index (κ1) is 17.9. The van der Waals surface area contributed by atoms with Gasteiger partial charge >= 0.3 is 12.1 Å². The molecule has 0 aliphatic heterocycles. The number of aromatic carboxylic acids is 1. The second-order valence-electron chi connectivity index (χ2n) is 6.45. The van der Waals surface area contributed by atoms with Gasteiger partial charge in [0.1, 0.15) is 5.58 Å². The number of H-pyrrole nitrogens is 1. The summed E-state index contributed by atoms with van der Waals surface area (Å²) in [5.41, 5.74) is 2.22. The Bertz CT molecular complexity index is 1180. The van der Waals surface area contributed by atoms with Gasteiger partial charge in [0.25, 0.3) is 0 Å². The van der Waals surface area contributed by atoms with Crippen LogP contribution in [0.5, 0.6) is 0 Å². The van der Waals surface area contributed by atoms with Crippen molar-refractivity contribution in [3.05, 3.63) is 71.3 Å². The van der Waals surface area contributed by atoms with Crippen LogP contribution in [0.3, 0.4) is 0 Å². The maximum atomic E-state index is 13.3. The van der Waals surface area contributed by atoms with Crippen LogP contribution < -0.4 is 0 Å². The van der Waals surface area contributed by atoms with E-state index in [0.717, 1.165) is 11.6 Å². The van der Waals surface area contributed by atoms with Gasteiger partial charge in [-0.2, -0.15) is 13.2 Å². The molecular formula is C21H14F3NO3. The molecule has 4 rings (SSSR count). The van der Waals surface area contributed by atoms with Crippen molar-refractivity contribution >= 4 is 16.9 Å². The van der Waals surface area contributed by atoms with Crippen LogP contribution in [0.25, 0.3) is 33.7 Å². The molecular weight excluding hydrogens is 371 g/mol. The minimum absolute atomic E-state index is 0.0180. The van der Waals surface area contributed by atoms with Gasteiger partial charge in [-0.1, -0.05) is 18.2 Å². The molecule has 7 heteroatoms. The van der Waals surface area contributed by atoms with Crippen molar-refractivity contribution in [2.24, 2.45) is 0 Å². The van der Waals surface area contributed by atoms with Crippen LogP contribution in [0.4, 0.5) is 13.2 Å².